The van der Waals surface area contributed by atoms with Gasteiger partial charge in [-0.15, -0.1) is 0 Å². The first-order valence-corrected chi connectivity index (χ1v) is 12.0. The minimum Gasteiger partial charge on any atom is -0.489 e. The van der Waals surface area contributed by atoms with Gasteiger partial charge >= 0.3 is 0 Å². The number of piperidine rings is 1. The summed E-state index contributed by atoms with van der Waals surface area (Å²) in [4.78, 5) is 57.3. The summed E-state index contributed by atoms with van der Waals surface area (Å²) in [5, 5.41) is 3.32. The maximum absolute atomic E-state index is 13.0. The predicted octanol–water partition coefficient (Wildman–Crippen LogP) is 2.29. The van der Waals surface area contributed by atoms with E-state index >= 15 is 0 Å². The summed E-state index contributed by atoms with van der Waals surface area (Å²) in [6.07, 6.45) is 2.82. The van der Waals surface area contributed by atoms with E-state index in [0.29, 0.717) is 5.75 Å². The summed E-state index contributed by atoms with van der Waals surface area (Å²) in [5.41, 5.74) is 2.66. The number of carbonyl (C=O) groups excluding carboxylic acids is 4. The lowest BCUT2D eigenvalue weighted by Crippen LogP contribution is -2.54. The Morgan fingerprint density at radius 1 is 0.972 bits per heavy atom. The van der Waals surface area contributed by atoms with Gasteiger partial charge in [-0.25, -0.2) is 0 Å². The topological polar surface area (TPSA) is 109 Å². The van der Waals surface area contributed by atoms with Crippen molar-refractivity contribution in [2.24, 2.45) is 0 Å². The third-order valence-electron chi connectivity index (χ3n) is 7.02. The fraction of sp³-hybridized carbons (Fsp3) is 0.296. The number of amides is 4. The molecule has 3 aliphatic heterocycles. The Labute approximate surface area is 207 Å². The number of hydrogen-bond acceptors (Lipinski definition) is 7. The summed E-state index contributed by atoms with van der Waals surface area (Å²) in [6.45, 7) is 2.45. The molecule has 0 saturated carbocycles. The first kappa shape index (κ1) is 22.4. The Kier molecular flexibility index (Phi) is 5.49. The molecule has 0 aliphatic carbocycles. The lowest BCUT2D eigenvalue weighted by molar-refractivity contribution is -0.136. The van der Waals surface area contributed by atoms with E-state index < -0.39 is 29.7 Å². The molecular formula is C27H24N4O5. The molecule has 1 aromatic heterocycles. The first-order valence-electron chi connectivity index (χ1n) is 12.0. The van der Waals surface area contributed by atoms with Crippen LogP contribution >= 0.6 is 0 Å². The minimum atomic E-state index is -0.978. The summed E-state index contributed by atoms with van der Waals surface area (Å²) < 4.78 is 6.18. The van der Waals surface area contributed by atoms with Gasteiger partial charge in [0.2, 0.25) is 11.8 Å². The number of hydrogen-bond donors (Lipinski definition) is 1. The highest BCUT2D eigenvalue weighted by Gasteiger charge is 2.44. The average molecular weight is 485 g/mol. The van der Waals surface area contributed by atoms with Crippen LogP contribution < -0.4 is 10.1 Å². The lowest BCUT2D eigenvalue weighted by Gasteiger charge is -2.27. The van der Waals surface area contributed by atoms with Crippen molar-refractivity contribution >= 4 is 34.5 Å². The van der Waals surface area contributed by atoms with E-state index in [1.54, 1.807) is 24.4 Å². The van der Waals surface area contributed by atoms with Gasteiger partial charge in [0.05, 0.1) is 16.6 Å². The smallest absolute Gasteiger partial charge is 0.262 e. The molecule has 36 heavy (non-hydrogen) atoms. The van der Waals surface area contributed by atoms with Crippen LogP contribution in [0.5, 0.6) is 5.75 Å². The molecular weight excluding hydrogens is 460 g/mol. The zero-order chi connectivity index (χ0) is 24.8. The van der Waals surface area contributed by atoms with Gasteiger partial charge in [-0.2, -0.15) is 0 Å². The van der Waals surface area contributed by atoms with Crippen LogP contribution in [-0.2, 0) is 16.1 Å². The SMILES string of the molecule is O=C1CCC(N2C(=O)c3ccc(O[C@@H]4CCN(Cc5ccc6ncccc6c5)C4)cc3C2=O)C(=O)N1. The Hall–Kier alpha value is -4.11. The summed E-state index contributed by atoms with van der Waals surface area (Å²) in [7, 11) is 0. The number of nitrogens with one attached hydrogen (secondary N) is 1. The fourth-order valence-electron chi connectivity index (χ4n) is 5.23. The third kappa shape index (κ3) is 4.01. The minimum absolute atomic E-state index is 0.0383. The van der Waals surface area contributed by atoms with Gasteiger partial charge in [0.25, 0.3) is 11.8 Å². The van der Waals surface area contributed by atoms with Crippen LogP contribution in [-0.4, -0.2) is 63.6 Å². The normalized spacial score (nSPS) is 22.3. The molecule has 3 aromatic rings. The van der Waals surface area contributed by atoms with Crippen molar-refractivity contribution in [2.75, 3.05) is 13.1 Å². The molecule has 9 heteroatoms. The van der Waals surface area contributed by atoms with Crippen molar-refractivity contribution in [1.82, 2.24) is 20.1 Å². The van der Waals surface area contributed by atoms with Crippen LogP contribution in [0.15, 0.2) is 54.7 Å². The largest absolute Gasteiger partial charge is 0.489 e. The Balaban J connectivity index is 1.11. The van der Waals surface area contributed by atoms with E-state index in [2.05, 4.69) is 33.4 Å². The zero-order valence-corrected chi connectivity index (χ0v) is 19.5. The van der Waals surface area contributed by atoms with Crippen molar-refractivity contribution in [2.45, 2.75) is 38.0 Å². The monoisotopic (exact) mass is 484 g/mol. The second-order valence-electron chi connectivity index (χ2n) is 9.45. The third-order valence-corrected chi connectivity index (χ3v) is 7.02. The molecule has 0 radical (unpaired) electrons. The highest BCUT2D eigenvalue weighted by atomic mass is 16.5. The second kappa shape index (κ2) is 8.83. The van der Waals surface area contributed by atoms with Crippen LogP contribution in [0.3, 0.4) is 0 Å². The number of carbonyl (C=O) groups is 4. The van der Waals surface area contributed by atoms with E-state index in [1.165, 1.54) is 5.56 Å². The number of nitrogens with zero attached hydrogens (tertiary/aromatic N) is 3. The summed E-state index contributed by atoms with van der Waals surface area (Å²) in [6, 6.07) is 14.2. The average Bonchev–Trinajstić information content (AvgIpc) is 3.41. The molecule has 2 saturated heterocycles. The van der Waals surface area contributed by atoms with Gasteiger partial charge in [0, 0.05) is 37.6 Å². The predicted molar refractivity (Wildman–Crippen MR) is 129 cm³/mol. The van der Waals surface area contributed by atoms with E-state index in [4.69, 9.17) is 4.74 Å². The molecule has 9 nitrogen and oxygen atoms in total. The molecule has 3 aliphatic rings. The van der Waals surface area contributed by atoms with Crippen LogP contribution in [0.25, 0.3) is 10.9 Å². The Morgan fingerprint density at radius 2 is 1.83 bits per heavy atom. The number of benzene rings is 2. The van der Waals surface area contributed by atoms with Crippen LogP contribution in [0.1, 0.15) is 45.5 Å². The van der Waals surface area contributed by atoms with Crippen molar-refractivity contribution in [3.05, 3.63) is 71.4 Å². The molecule has 2 atom stereocenters. The van der Waals surface area contributed by atoms with Crippen molar-refractivity contribution in [3.8, 4) is 5.75 Å². The maximum atomic E-state index is 13.0. The molecule has 6 rings (SSSR count). The van der Waals surface area contributed by atoms with Crippen LogP contribution in [0.4, 0.5) is 0 Å². The standard InChI is InChI=1S/C27H24N4O5/c32-24-8-7-23(25(33)29-24)31-26(34)20-5-4-18(13-21(20)27(31)35)36-19-9-11-30(15-19)14-16-3-6-22-17(12-16)2-1-10-28-22/h1-6,10,12-13,19,23H,7-9,11,14-15H2,(H,29,32,33)/t19-,23?/m1/s1. The highest BCUT2D eigenvalue weighted by molar-refractivity contribution is 6.23. The highest BCUT2D eigenvalue weighted by Crippen LogP contribution is 2.31. The van der Waals surface area contributed by atoms with Gasteiger partial charge < -0.3 is 4.74 Å². The van der Waals surface area contributed by atoms with E-state index in [1.807, 2.05) is 12.1 Å². The number of likely N-dealkylation sites (tertiary alicyclic amines) is 1. The fourth-order valence-corrected chi connectivity index (χ4v) is 5.23. The number of ether oxygens (including phenoxy) is 1. The van der Waals surface area contributed by atoms with Crippen molar-refractivity contribution in [1.29, 1.82) is 0 Å². The van der Waals surface area contributed by atoms with Crippen LogP contribution in [0, 0.1) is 0 Å². The molecule has 2 fully saturated rings. The van der Waals surface area contributed by atoms with E-state index in [0.717, 1.165) is 41.9 Å². The number of fused-ring (bicyclic) bond motifs is 2. The Bertz CT molecular complexity index is 1420. The lowest BCUT2D eigenvalue weighted by atomic mass is 10.0. The first-order chi connectivity index (χ1) is 17.5. The van der Waals surface area contributed by atoms with Crippen molar-refractivity contribution in [3.63, 3.8) is 0 Å². The van der Waals surface area contributed by atoms with Gasteiger partial charge in [0.1, 0.15) is 17.9 Å². The van der Waals surface area contributed by atoms with Gasteiger partial charge in [0.15, 0.2) is 0 Å². The van der Waals surface area contributed by atoms with Crippen molar-refractivity contribution < 1.29 is 23.9 Å². The molecule has 0 bridgehead atoms. The molecule has 1 unspecified atom stereocenters. The molecule has 0 spiro atoms. The van der Waals surface area contributed by atoms with Gasteiger partial charge in [-0.3, -0.25) is 39.3 Å². The second-order valence-corrected chi connectivity index (χ2v) is 9.45. The number of rotatable bonds is 5. The molecule has 4 amide bonds. The van der Waals surface area contributed by atoms with E-state index in [9.17, 15) is 19.2 Å². The Morgan fingerprint density at radius 3 is 2.69 bits per heavy atom. The van der Waals surface area contributed by atoms with Gasteiger partial charge in [-0.05, 0) is 54.8 Å². The molecule has 182 valence electrons. The summed E-state index contributed by atoms with van der Waals surface area (Å²) >= 11 is 0. The van der Waals surface area contributed by atoms with Crippen LogP contribution in [0.2, 0.25) is 0 Å². The summed E-state index contributed by atoms with van der Waals surface area (Å²) in [5.74, 6) is -1.55. The number of aromatic nitrogens is 1. The maximum Gasteiger partial charge on any atom is 0.262 e. The molecule has 4 heterocycles. The van der Waals surface area contributed by atoms with E-state index in [-0.39, 0.29) is 30.1 Å². The molecule has 1 N–H and O–H groups in total. The zero-order valence-electron chi connectivity index (χ0n) is 19.5. The van der Waals surface area contributed by atoms with Gasteiger partial charge in [-0.1, -0.05) is 12.1 Å². The molecule has 2 aromatic carbocycles. The number of imide groups is 2. The quantitative estimate of drug-likeness (QED) is 0.554. The number of pyridine rings is 1.